The average molecular weight is 175 g/mol. The summed E-state index contributed by atoms with van der Waals surface area (Å²) in [5, 5.41) is 0. The van der Waals surface area contributed by atoms with E-state index in [0.717, 1.165) is 11.8 Å². The molecule has 0 spiro atoms. The number of rotatable bonds is 6. The fraction of sp³-hybridized carbons (Fsp3) is 1.00. The van der Waals surface area contributed by atoms with Gasteiger partial charge in [0.25, 0.3) is 0 Å². The fourth-order valence-electron chi connectivity index (χ4n) is 1.41. The molecule has 0 amide bonds. The second-order valence-corrected chi connectivity index (χ2v) is 3.48. The number of hydrogen-bond donors (Lipinski definition) is 1. The van der Waals surface area contributed by atoms with Crippen molar-refractivity contribution < 1.29 is 0 Å². The van der Waals surface area contributed by atoms with Crippen LogP contribution in [0.4, 0.5) is 0 Å². The highest BCUT2D eigenvalue weighted by Gasteiger charge is 2.08. The highest BCUT2D eigenvalue weighted by atomic mass is 32.1. The van der Waals surface area contributed by atoms with E-state index in [-0.39, 0.29) is 0 Å². The summed E-state index contributed by atoms with van der Waals surface area (Å²) in [6.45, 7) is 5.70. The Morgan fingerprint density at radius 1 is 1.27 bits per heavy atom. The van der Waals surface area contributed by atoms with E-state index in [2.05, 4.69) is 38.4 Å². The average Bonchev–Trinajstić information content (AvgIpc) is 2.03. The summed E-state index contributed by atoms with van der Waals surface area (Å²) in [4.78, 5) is 2.44. The molecule has 0 bridgehead atoms. The van der Waals surface area contributed by atoms with Gasteiger partial charge in [0.05, 0.1) is 0 Å². The second kappa shape index (κ2) is 6.99. The first-order chi connectivity index (χ1) is 5.26. The molecule has 0 atom stereocenters. The molecule has 0 aliphatic heterocycles. The molecule has 0 unspecified atom stereocenters. The van der Waals surface area contributed by atoms with E-state index in [1.807, 2.05) is 0 Å². The van der Waals surface area contributed by atoms with Gasteiger partial charge in [0.2, 0.25) is 0 Å². The van der Waals surface area contributed by atoms with Gasteiger partial charge >= 0.3 is 0 Å². The monoisotopic (exact) mass is 175 g/mol. The maximum atomic E-state index is 4.20. The highest BCUT2D eigenvalue weighted by Crippen LogP contribution is 2.06. The molecule has 0 N–H and O–H groups in total. The lowest BCUT2D eigenvalue weighted by Crippen LogP contribution is -2.31. The van der Waals surface area contributed by atoms with E-state index in [0.29, 0.717) is 0 Å². The van der Waals surface area contributed by atoms with Crippen LogP contribution in [0.3, 0.4) is 0 Å². The topological polar surface area (TPSA) is 3.24 Å². The standard InChI is InChI=1S/C9H21NS/c1-4-9(5-2)10(3)7-6-8-11/h9,11H,4-8H2,1-3H3. The van der Waals surface area contributed by atoms with Crippen LogP contribution in [0, 0.1) is 0 Å². The molecule has 0 saturated heterocycles. The molecule has 11 heavy (non-hydrogen) atoms. The van der Waals surface area contributed by atoms with Gasteiger partial charge in [0.1, 0.15) is 0 Å². The number of nitrogens with zero attached hydrogens (tertiary/aromatic N) is 1. The van der Waals surface area contributed by atoms with Gasteiger partial charge in [0, 0.05) is 6.04 Å². The van der Waals surface area contributed by atoms with Crippen LogP contribution in [0.2, 0.25) is 0 Å². The minimum absolute atomic E-state index is 0.773. The molecule has 0 heterocycles. The first-order valence-corrected chi connectivity index (χ1v) is 5.20. The second-order valence-electron chi connectivity index (χ2n) is 3.03. The maximum Gasteiger partial charge on any atom is 0.00869 e. The molecule has 1 nitrogen and oxygen atoms in total. The van der Waals surface area contributed by atoms with Gasteiger partial charge in [-0.1, -0.05) is 13.8 Å². The Labute approximate surface area is 76.6 Å². The van der Waals surface area contributed by atoms with Crippen LogP contribution < -0.4 is 0 Å². The van der Waals surface area contributed by atoms with Crippen molar-refractivity contribution in [2.75, 3.05) is 19.3 Å². The van der Waals surface area contributed by atoms with Crippen LogP contribution in [-0.2, 0) is 0 Å². The van der Waals surface area contributed by atoms with E-state index in [1.165, 1.54) is 25.8 Å². The molecule has 0 aliphatic rings. The van der Waals surface area contributed by atoms with Gasteiger partial charge in [-0.3, -0.25) is 0 Å². The van der Waals surface area contributed by atoms with Crippen LogP contribution in [0.1, 0.15) is 33.1 Å². The lowest BCUT2D eigenvalue weighted by Gasteiger charge is -2.25. The Morgan fingerprint density at radius 3 is 2.18 bits per heavy atom. The van der Waals surface area contributed by atoms with Crippen molar-refractivity contribution in [1.82, 2.24) is 4.90 Å². The molecule has 0 aliphatic carbocycles. The zero-order chi connectivity index (χ0) is 8.69. The van der Waals surface area contributed by atoms with Gasteiger partial charge in [-0.2, -0.15) is 12.6 Å². The summed E-state index contributed by atoms with van der Waals surface area (Å²) < 4.78 is 0. The van der Waals surface area contributed by atoms with Gasteiger partial charge < -0.3 is 4.90 Å². The molecule has 0 aromatic carbocycles. The smallest absolute Gasteiger partial charge is 0.00869 e. The molecule has 0 aromatic heterocycles. The van der Waals surface area contributed by atoms with E-state index in [9.17, 15) is 0 Å². The Morgan fingerprint density at radius 2 is 1.82 bits per heavy atom. The molecule has 2 heteroatoms. The normalized spacial score (nSPS) is 11.5. The molecule has 0 saturated carbocycles. The molecule has 0 rings (SSSR count). The molecule has 68 valence electrons. The Kier molecular flexibility index (Phi) is 7.18. The van der Waals surface area contributed by atoms with Gasteiger partial charge in [-0.15, -0.1) is 0 Å². The molecule has 0 aromatic rings. The summed E-state index contributed by atoms with van der Waals surface area (Å²) >= 11 is 4.20. The minimum Gasteiger partial charge on any atom is -0.303 e. The lowest BCUT2D eigenvalue weighted by molar-refractivity contribution is 0.231. The Balaban J connectivity index is 3.51. The van der Waals surface area contributed by atoms with Crippen LogP contribution in [0.25, 0.3) is 0 Å². The van der Waals surface area contributed by atoms with Crippen molar-refractivity contribution in [1.29, 1.82) is 0 Å². The highest BCUT2D eigenvalue weighted by molar-refractivity contribution is 7.80. The van der Waals surface area contributed by atoms with Gasteiger partial charge in [-0.05, 0) is 38.6 Å². The summed E-state index contributed by atoms with van der Waals surface area (Å²) in [7, 11) is 2.21. The van der Waals surface area contributed by atoms with E-state index < -0.39 is 0 Å². The van der Waals surface area contributed by atoms with Crippen molar-refractivity contribution in [2.24, 2.45) is 0 Å². The van der Waals surface area contributed by atoms with E-state index in [4.69, 9.17) is 0 Å². The summed E-state index contributed by atoms with van der Waals surface area (Å²) in [5.74, 6) is 1.00. The third-order valence-electron chi connectivity index (χ3n) is 2.23. The summed E-state index contributed by atoms with van der Waals surface area (Å²) in [6, 6.07) is 0.773. The summed E-state index contributed by atoms with van der Waals surface area (Å²) in [5.41, 5.74) is 0. The minimum atomic E-state index is 0.773. The Hall–Kier alpha value is 0.310. The number of hydrogen-bond acceptors (Lipinski definition) is 2. The largest absolute Gasteiger partial charge is 0.303 e. The van der Waals surface area contributed by atoms with Crippen LogP contribution in [0.5, 0.6) is 0 Å². The van der Waals surface area contributed by atoms with Crippen molar-refractivity contribution in [3.05, 3.63) is 0 Å². The van der Waals surface area contributed by atoms with Crippen molar-refractivity contribution >= 4 is 12.6 Å². The Bertz CT molecular complexity index is 81.6. The van der Waals surface area contributed by atoms with Crippen molar-refractivity contribution in [2.45, 2.75) is 39.2 Å². The zero-order valence-corrected chi connectivity index (χ0v) is 8.90. The first-order valence-electron chi connectivity index (χ1n) is 4.57. The summed E-state index contributed by atoms with van der Waals surface area (Å²) in [6.07, 6.45) is 3.73. The zero-order valence-electron chi connectivity index (χ0n) is 8.01. The molecule has 0 radical (unpaired) electrons. The molecular formula is C9H21NS. The van der Waals surface area contributed by atoms with Crippen LogP contribution in [-0.4, -0.2) is 30.3 Å². The van der Waals surface area contributed by atoms with Gasteiger partial charge in [-0.25, -0.2) is 0 Å². The van der Waals surface area contributed by atoms with E-state index >= 15 is 0 Å². The number of thiol groups is 1. The maximum absolute atomic E-state index is 4.20. The van der Waals surface area contributed by atoms with Crippen LogP contribution in [0.15, 0.2) is 0 Å². The molecular weight excluding hydrogens is 154 g/mol. The predicted molar refractivity (Wildman–Crippen MR) is 55.5 cm³/mol. The predicted octanol–water partition coefficient (Wildman–Crippen LogP) is 2.43. The first kappa shape index (κ1) is 11.3. The third-order valence-corrected chi connectivity index (χ3v) is 2.55. The SMILES string of the molecule is CCC(CC)N(C)CCCS. The van der Waals surface area contributed by atoms with Crippen LogP contribution >= 0.6 is 12.6 Å². The van der Waals surface area contributed by atoms with Crippen molar-refractivity contribution in [3.63, 3.8) is 0 Å². The lowest BCUT2D eigenvalue weighted by atomic mass is 10.1. The van der Waals surface area contributed by atoms with Crippen molar-refractivity contribution in [3.8, 4) is 0 Å². The van der Waals surface area contributed by atoms with Gasteiger partial charge in [0.15, 0.2) is 0 Å². The third kappa shape index (κ3) is 4.70. The molecule has 0 fully saturated rings. The van der Waals surface area contributed by atoms with E-state index in [1.54, 1.807) is 0 Å². The fourth-order valence-corrected chi connectivity index (χ4v) is 1.56. The quantitative estimate of drug-likeness (QED) is 0.607.